The SMILES string of the molecule is O=C(NC(CCC1(O)CCC1)C(=O)O)OCc1ccccc1. The van der Waals surface area contributed by atoms with E-state index in [1.54, 1.807) is 0 Å². The first-order valence-corrected chi connectivity index (χ1v) is 7.41. The van der Waals surface area contributed by atoms with Crippen molar-refractivity contribution in [2.75, 3.05) is 0 Å². The van der Waals surface area contributed by atoms with Gasteiger partial charge in [0.1, 0.15) is 12.6 Å². The van der Waals surface area contributed by atoms with Crippen LogP contribution in [0.3, 0.4) is 0 Å². The van der Waals surface area contributed by atoms with Crippen LogP contribution >= 0.6 is 0 Å². The average Bonchev–Trinajstić information content (AvgIpc) is 2.48. The standard InChI is InChI=1S/C16H21NO5/c18-14(19)13(7-10-16(21)8-4-9-16)17-15(20)22-11-12-5-2-1-3-6-12/h1-3,5-6,13,21H,4,7-11H2,(H,17,20)(H,18,19). The zero-order chi connectivity index (χ0) is 16.0. The molecule has 1 unspecified atom stereocenters. The number of aliphatic carboxylic acids is 1. The second-order valence-electron chi connectivity index (χ2n) is 5.71. The van der Waals surface area contributed by atoms with Gasteiger partial charge in [0.15, 0.2) is 0 Å². The Morgan fingerprint density at radius 3 is 2.50 bits per heavy atom. The van der Waals surface area contributed by atoms with Gasteiger partial charge >= 0.3 is 12.1 Å². The van der Waals surface area contributed by atoms with Crippen molar-refractivity contribution in [1.82, 2.24) is 5.32 Å². The predicted octanol–water partition coefficient (Wildman–Crippen LogP) is 2.06. The average molecular weight is 307 g/mol. The summed E-state index contributed by atoms with van der Waals surface area (Å²) in [6.45, 7) is 0.0863. The van der Waals surface area contributed by atoms with Gasteiger partial charge in [0.2, 0.25) is 0 Å². The normalized spacial score (nSPS) is 17.1. The van der Waals surface area contributed by atoms with Crippen LogP contribution in [0.2, 0.25) is 0 Å². The summed E-state index contributed by atoms with van der Waals surface area (Å²) >= 11 is 0. The minimum atomic E-state index is -1.13. The van der Waals surface area contributed by atoms with Gasteiger partial charge in [-0.1, -0.05) is 30.3 Å². The molecule has 2 rings (SSSR count). The van der Waals surface area contributed by atoms with Crippen LogP contribution in [0.1, 0.15) is 37.7 Å². The second kappa shape index (κ2) is 7.26. The number of ether oxygens (including phenoxy) is 1. The molecular formula is C16H21NO5. The molecule has 0 spiro atoms. The van der Waals surface area contributed by atoms with Crippen molar-refractivity contribution in [2.24, 2.45) is 0 Å². The summed E-state index contributed by atoms with van der Waals surface area (Å²) in [4.78, 5) is 22.9. The van der Waals surface area contributed by atoms with E-state index in [9.17, 15) is 14.7 Å². The van der Waals surface area contributed by atoms with Gasteiger partial charge in [0.25, 0.3) is 0 Å². The van der Waals surface area contributed by atoms with Crippen molar-refractivity contribution >= 4 is 12.1 Å². The van der Waals surface area contributed by atoms with E-state index in [0.717, 1.165) is 12.0 Å². The Morgan fingerprint density at radius 2 is 1.95 bits per heavy atom. The molecule has 1 aliphatic rings. The van der Waals surface area contributed by atoms with Gasteiger partial charge in [-0.15, -0.1) is 0 Å². The summed E-state index contributed by atoms with van der Waals surface area (Å²) in [6, 6.07) is 8.09. The molecule has 0 bridgehead atoms. The van der Waals surface area contributed by atoms with Crippen molar-refractivity contribution in [3.63, 3.8) is 0 Å². The molecule has 1 aliphatic carbocycles. The largest absolute Gasteiger partial charge is 0.480 e. The molecule has 0 saturated heterocycles. The van der Waals surface area contributed by atoms with Crippen molar-refractivity contribution in [1.29, 1.82) is 0 Å². The third kappa shape index (κ3) is 4.73. The number of amides is 1. The van der Waals surface area contributed by atoms with E-state index < -0.39 is 23.7 Å². The number of hydrogen-bond donors (Lipinski definition) is 3. The van der Waals surface area contributed by atoms with E-state index in [1.165, 1.54) is 0 Å². The summed E-state index contributed by atoms with van der Waals surface area (Å²) in [5.41, 5.74) is 0.0665. The van der Waals surface area contributed by atoms with Gasteiger partial charge in [-0.05, 0) is 37.7 Å². The number of benzene rings is 1. The van der Waals surface area contributed by atoms with Gasteiger partial charge in [-0.2, -0.15) is 0 Å². The van der Waals surface area contributed by atoms with Gasteiger partial charge in [0, 0.05) is 0 Å². The van der Waals surface area contributed by atoms with Crippen LogP contribution in [0.25, 0.3) is 0 Å². The van der Waals surface area contributed by atoms with Crippen LogP contribution in [0, 0.1) is 0 Å². The van der Waals surface area contributed by atoms with E-state index in [4.69, 9.17) is 9.84 Å². The van der Waals surface area contributed by atoms with Crippen LogP contribution in [-0.4, -0.2) is 33.9 Å². The zero-order valence-corrected chi connectivity index (χ0v) is 12.3. The number of aliphatic hydroxyl groups is 1. The lowest BCUT2D eigenvalue weighted by molar-refractivity contribution is -0.140. The third-order valence-electron chi connectivity index (χ3n) is 3.99. The van der Waals surface area contributed by atoms with Crippen LogP contribution in [0.4, 0.5) is 4.79 Å². The lowest BCUT2D eigenvalue weighted by atomic mass is 9.76. The number of carbonyl (C=O) groups is 2. The molecular weight excluding hydrogens is 286 g/mol. The van der Waals surface area contributed by atoms with E-state index in [2.05, 4.69) is 5.32 Å². The molecule has 0 aliphatic heterocycles. The molecule has 3 N–H and O–H groups in total. The topological polar surface area (TPSA) is 95.9 Å². The maximum atomic E-state index is 11.7. The molecule has 0 aromatic heterocycles. The lowest BCUT2D eigenvalue weighted by Crippen LogP contribution is -2.44. The second-order valence-corrected chi connectivity index (χ2v) is 5.71. The number of hydrogen-bond acceptors (Lipinski definition) is 4. The molecule has 1 saturated carbocycles. The quantitative estimate of drug-likeness (QED) is 0.716. The summed E-state index contributed by atoms with van der Waals surface area (Å²) in [5, 5.41) is 21.5. The van der Waals surface area contributed by atoms with Crippen molar-refractivity contribution in [3.8, 4) is 0 Å². The number of carboxylic acid groups (broad SMARTS) is 1. The van der Waals surface area contributed by atoms with Crippen molar-refractivity contribution in [2.45, 2.75) is 50.4 Å². The van der Waals surface area contributed by atoms with E-state index in [-0.39, 0.29) is 13.0 Å². The summed E-state index contributed by atoms with van der Waals surface area (Å²) in [7, 11) is 0. The molecule has 120 valence electrons. The Bertz CT molecular complexity index is 513. The molecule has 1 aromatic rings. The number of carbonyl (C=O) groups excluding carboxylic acids is 1. The van der Waals surface area contributed by atoms with E-state index >= 15 is 0 Å². The highest BCUT2D eigenvalue weighted by Gasteiger charge is 2.35. The zero-order valence-electron chi connectivity index (χ0n) is 12.3. The molecule has 22 heavy (non-hydrogen) atoms. The number of nitrogens with one attached hydrogen (secondary N) is 1. The summed E-state index contributed by atoms with van der Waals surface area (Å²) in [5.74, 6) is -1.13. The first-order valence-electron chi connectivity index (χ1n) is 7.41. The molecule has 0 heterocycles. The molecule has 1 atom stereocenters. The Morgan fingerprint density at radius 1 is 1.27 bits per heavy atom. The van der Waals surface area contributed by atoms with Crippen LogP contribution in [0.5, 0.6) is 0 Å². The number of rotatable bonds is 7. The number of carboxylic acids is 1. The van der Waals surface area contributed by atoms with Crippen molar-refractivity contribution < 1.29 is 24.5 Å². The van der Waals surface area contributed by atoms with E-state index in [0.29, 0.717) is 19.3 Å². The first-order chi connectivity index (χ1) is 10.5. The smallest absolute Gasteiger partial charge is 0.408 e. The lowest BCUT2D eigenvalue weighted by Gasteiger charge is -2.37. The fourth-order valence-corrected chi connectivity index (χ4v) is 2.41. The van der Waals surface area contributed by atoms with Gasteiger partial charge < -0.3 is 20.3 Å². The van der Waals surface area contributed by atoms with Crippen LogP contribution < -0.4 is 5.32 Å². The minimum absolute atomic E-state index is 0.0863. The summed E-state index contributed by atoms with van der Waals surface area (Å²) in [6.07, 6.45) is 2.13. The third-order valence-corrected chi connectivity index (χ3v) is 3.99. The Balaban J connectivity index is 1.77. The molecule has 1 aromatic carbocycles. The molecule has 1 amide bonds. The Hall–Kier alpha value is -2.08. The highest BCUT2D eigenvalue weighted by molar-refractivity contribution is 5.79. The summed E-state index contributed by atoms with van der Waals surface area (Å²) < 4.78 is 5.01. The molecule has 0 radical (unpaired) electrons. The fourth-order valence-electron chi connectivity index (χ4n) is 2.41. The van der Waals surface area contributed by atoms with Gasteiger partial charge in [-0.3, -0.25) is 0 Å². The maximum absolute atomic E-state index is 11.7. The maximum Gasteiger partial charge on any atom is 0.408 e. The van der Waals surface area contributed by atoms with Gasteiger partial charge in [-0.25, -0.2) is 9.59 Å². The van der Waals surface area contributed by atoms with E-state index in [1.807, 2.05) is 30.3 Å². The minimum Gasteiger partial charge on any atom is -0.480 e. The number of alkyl carbamates (subject to hydrolysis) is 1. The van der Waals surface area contributed by atoms with Crippen LogP contribution in [0.15, 0.2) is 30.3 Å². The predicted molar refractivity (Wildman–Crippen MR) is 79.2 cm³/mol. The van der Waals surface area contributed by atoms with Crippen molar-refractivity contribution in [3.05, 3.63) is 35.9 Å². The first kappa shape index (κ1) is 16.3. The van der Waals surface area contributed by atoms with Crippen LogP contribution in [-0.2, 0) is 16.1 Å². The highest BCUT2D eigenvalue weighted by Crippen LogP contribution is 2.35. The molecule has 6 heteroatoms. The molecule has 6 nitrogen and oxygen atoms in total. The monoisotopic (exact) mass is 307 g/mol. The highest BCUT2D eigenvalue weighted by atomic mass is 16.5. The Kier molecular flexibility index (Phi) is 5.38. The molecule has 1 fully saturated rings. The Labute approximate surface area is 129 Å². The van der Waals surface area contributed by atoms with Gasteiger partial charge in [0.05, 0.1) is 5.60 Å². The fraction of sp³-hybridized carbons (Fsp3) is 0.500.